The molecule has 0 aliphatic carbocycles. The number of benzene rings is 2. The summed E-state index contributed by atoms with van der Waals surface area (Å²) in [6.45, 7) is 1.74. The van der Waals surface area contributed by atoms with E-state index in [0.29, 0.717) is 34.8 Å². The Morgan fingerprint density at radius 2 is 1.82 bits per heavy atom. The molecular formula is C24H22FNO7S. The van der Waals surface area contributed by atoms with Crippen molar-refractivity contribution >= 4 is 11.3 Å². The van der Waals surface area contributed by atoms with Crippen LogP contribution < -0.4 is 15.4 Å². The van der Waals surface area contributed by atoms with E-state index in [1.165, 1.54) is 6.07 Å². The molecule has 0 amide bonds. The number of rotatable bonds is 10. The van der Waals surface area contributed by atoms with Gasteiger partial charge in [0.15, 0.2) is 11.5 Å². The lowest BCUT2D eigenvalue weighted by atomic mass is 10.1. The highest BCUT2D eigenvalue weighted by molar-refractivity contribution is 7.09. The minimum Gasteiger partial charge on any atom is -0.494 e. The number of H-pyrrole nitrogens is 1. The van der Waals surface area contributed by atoms with E-state index < -0.39 is 17.7 Å². The van der Waals surface area contributed by atoms with Crippen LogP contribution in [0.4, 0.5) is 4.39 Å². The third kappa shape index (κ3) is 5.64. The molecule has 0 radical (unpaired) electrons. The van der Waals surface area contributed by atoms with Crippen molar-refractivity contribution in [2.24, 2.45) is 0 Å². The van der Waals surface area contributed by atoms with E-state index in [1.54, 1.807) is 30.3 Å². The van der Waals surface area contributed by atoms with Crippen molar-refractivity contribution in [3.8, 4) is 11.6 Å². The monoisotopic (exact) mass is 487 g/mol. The van der Waals surface area contributed by atoms with Gasteiger partial charge in [-0.15, -0.1) is 0 Å². The molecule has 0 aliphatic heterocycles. The first-order valence-corrected chi connectivity index (χ1v) is 11.3. The second-order valence-corrected chi connectivity index (χ2v) is 8.46. The van der Waals surface area contributed by atoms with Crippen LogP contribution in [0.1, 0.15) is 40.6 Å². The zero-order valence-corrected chi connectivity index (χ0v) is 19.0. The Balaban J connectivity index is 1.44. The van der Waals surface area contributed by atoms with Gasteiger partial charge < -0.3 is 23.4 Å². The molecule has 178 valence electrons. The number of aryl methyl sites for hydroxylation is 1. The maximum absolute atomic E-state index is 14.5. The normalized spacial score (nSPS) is 12.1. The Kier molecular flexibility index (Phi) is 7.29. The summed E-state index contributed by atoms with van der Waals surface area (Å²) in [6.07, 6.45) is 0.0705. The molecule has 2 N–H and O–H groups in total. The van der Waals surface area contributed by atoms with Gasteiger partial charge in [0, 0.05) is 18.4 Å². The first-order chi connectivity index (χ1) is 16.4. The summed E-state index contributed by atoms with van der Waals surface area (Å²) < 4.78 is 36.2. The van der Waals surface area contributed by atoms with Gasteiger partial charge in [-0.25, -0.2) is 9.18 Å². The summed E-state index contributed by atoms with van der Waals surface area (Å²) in [7, 11) is 0. The van der Waals surface area contributed by atoms with Crippen molar-refractivity contribution in [2.75, 3.05) is 6.61 Å². The molecule has 2 aromatic carbocycles. The fraction of sp³-hybridized carbons (Fsp3) is 0.250. The van der Waals surface area contributed by atoms with Gasteiger partial charge in [0.05, 0.1) is 4.88 Å². The number of ether oxygens (including phenoxy) is 2. The largest absolute Gasteiger partial charge is 0.519 e. The highest BCUT2D eigenvalue weighted by Gasteiger charge is 2.20. The maximum Gasteiger partial charge on any atom is 0.519 e. The summed E-state index contributed by atoms with van der Waals surface area (Å²) >= 11 is 0.956. The average molecular weight is 488 g/mol. The van der Waals surface area contributed by atoms with Gasteiger partial charge in [0.1, 0.15) is 30.9 Å². The molecule has 2 aromatic heterocycles. The number of aromatic hydroxyl groups is 1. The van der Waals surface area contributed by atoms with Gasteiger partial charge in [-0.3, -0.25) is 9.78 Å². The molecule has 4 rings (SSSR count). The molecule has 1 atom stereocenters. The molecule has 2 heterocycles. The van der Waals surface area contributed by atoms with Crippen LogP contribution >= 0.6 is 11.3 Å². The van der Waals surface area contributed by atoms with Gasteiger partial charge in [0.2, 0.25) is 5.88 Å². The maximum atomic E-state index is 14.5. The highest BCUT2D eigenvalue weighted by atomic mass is 32.1. The lowest BCUT2D eigenvalue weighted by Crippen LogP contribution is -2.16. The Hall–Kier alpha value is -3.63. The Morgan fingerprint density at radius 3 is 2.50 bits per heavy atom. The molecule has 0 saturated carbocycles. The van der Waals surface area contributed by atoms with Crippen molar-refractivity contribution in [3.63, 3.8) is 0 Å². The van der Waals surface area contributed by atoms with Gasteiger partial charge in [-0.1, -0.05) is 48.6 Å². The number of thiazole rings is 1. The minimum atomic E-state index is -0.811. The quantitative estimate of drug-likeness (QED) is 0.342. The molecule has 0 aliphatic rings. The van der Waals surface area contributed by atoms with E-state index in [0.717, 1.165) is 16.9 Å². The number of hydrogen-bond donors (Lipinski definition) is 2. The smallest absolute Gasteiger partial charge is 0.494 e. The summed E-state index contributed by atoms with van der Waals surface area (Å²) in [5, 5.41) is 9.75. The van der Waals surface area contributed by atoms with Crippen molar-refractivity contribution in [3.05, 3.63) is 102 Å². The molecule has 0 spiro atoms. The molecule has 1 unspecified atom stereocenters. The van der Waals surface area contributed by atoms with Crippen molar-refractivity contribution in [2.45, 2.75) is 32.5 Å². The number of hydrogen-bond acceptors (Lipinski definition) is 8. The summed E-state index contributed by atoms with van der Waals surface area (Å²) in [4.78, 5) is 25.3. The predicted octanol–water partition coefficient (Wildman–Crippen LogP) is 4.32. The van der Waals surface area contributed by atoms with Gasteiger partial charge in [-0.05, 0) is 23.8 Å². The van der Waals surface area contributed by atoms with Crippen LogP contribution in [-0.2, 0) is 24.2 Å². The first kappa shape index (κ1) is 23.5. The first-order valence-electron chi connectivity index (χ1n) is 10.5. The number of aromatic nitrogens is 1. The Bertz CT molecular complexity index is 1350. The molecule has 34 heavy (non-hydrogen) atoms. The molecule has 10 heteroatoms. The van der Waals surface area contributed by atoms with E-state index in [1.807, 2.05) is 19.1 Å². The minimum absolute atomic E-state index is 0.00400. The van der Waals surface area contributed by atoms with Crippen LogP contribution in [0, 0.1) is 5.82 Å². The molecule has 0 saturated heterocycles. The Labute approximate surface area is 197 Å². The summed E-state index contributed by atoms with van der Waals surface area (Å²) in [5.74, 6) is -0.208. The highest BCUT2D eigenvalue weighted by Crippen LogP contribution is 2.26. The van der Waals surface area contributed by atoms with Crippen molar-refractivity contribution < 1.29 is 27.8 Å². The molecular weight excluding hydrogens is 465 g/mol. The van der Waals surface area contributed by atoms with Crippen LogP contribution in [0.5, 0.6) is 11.6 Å². The van der Waals surface area contributed by atoms with Crippen LogP contribution in [0.25, 0.3) is 0 Å². The number of aromatic amines is 1. The van der Waals surface area contributed by atoms with Gasteiger partial charge >= 0.3 is 10.7 Å². The van der Waals surface area contributed by atoms with Crippen LogP contribution in [0.15, 0.2) is 67.0 Å². The van der Waals surface area contributed by atoms with Crippen LogP contribution in [0.2, 0.25) is 0 Å². The molecule has 4 aromatic rings. The lowest BCUT2D eigenvalue weighted by Gasteiger charge is -2.19. The third-order valence-electron chi connectivity index (χ3n) is 5.10. The molecule has 8 nitrogen and oxygen atoms in total. The molecule has 0 fully saturated rings. The van der Waals surface area contributed by atoms with E-state index in [9.17, 15) is 19.1 Å². The SMILES string of the molecule is CCc1oc(=O)oc1COC(COc1ccc(Cc2sc(=O)[nH]c2O)cc1)c1ccccc1F. The van der Waals surface area contributed by atoms with E-state index >= 15 is 0 Å². The van der Waals surface area contributed by atoms with Crippen LogP contribution in [0.3, 0.4) is 0 Å². The number of nitrogens with one attached hydrogen (secondary N) is 1. The summed E-state index contributed by atoms with van der Waals surface area (Å²) in [6, 6.07) is 13.3. The van der Waals surface area contributed by atoms with Gasteiger partial charge in [-0.2, -0.15) is 0 Å². The average Bonchev–Trinajstić information content (AvgIpc) is 3.35. The predicted molar refractivity (Wildman–Crippen MR) is 122 cm³/mol. The molecule has 0 bridgehead atoms. The zero-order valence-electron chi connectivity index (χ0n) is 18.2. The lowest BCUT2D eigenvalue weighted by molar-refractivity contribution is -0.00207. The van der Waals surface area contributed by atoms with E-state index in [-0.39, 0.29) is 29.7 Å². The van der Waals surface area contributed by atoms with E-state index in [4.69, 9.17) is 18.3 Å². The van der Waals surface area contributed by atoms with Crippen molar-refractivity contribution in [1.29, 1.82) is 0 Å². The zero-order chi connectivity index (χ0) is 24.1. The van der Waals surface area contributed by atoms with Crippen LogP contribution in [-0.4, -0.2) is 16.7 Å². The fourth-order valence-corrected chi connectivity index (χ4v) is 4.15. The number of halogens is 1. The standard InChI is InChI=1S/C24H22FNO7S/c1-2-18-20(33-24(29)32-18)13-31-19(16-5-3-4-6-17(16)25)12-30-15-9-7-14(8-10-15)11-21-22(27)26-23(28)34-21/h3-10,19,27H,2,11-13H2,1H3,(H,26,28). The third-order valence-corrected chi connectivity index (χ3v) is 5.97. The second kappa shape index (κ2) is 10.5. The topological polar surface area (TPSA) is 115 Å². The second-order valence-electron chi connectivity index (χ2n) is 7.39. The fourth-order valence-electron chi connectivity index (χ4n) is 3.39. The van der Waals surface area contributed by atoms with E-state index in [2.05, 4.69) is 4.98 Å². The Morgan fingerprint density at radius 1 is 1.09 bits per heavy atom. The van der Waals surface area contributed by atoms with Gasteiger partial charge in [0.25, 0.3) is 0 Å². The van der Waals surface area contributed by atoms with Crippen molar-refractivity contribution in [1.82, 2.24) is 4.98 Å². The summed E-state index contributed by atoms with van der Waals surface area (Å²) in [5.41, 5.74) is 1.18.